The normalized spacial score (nSPS) is 27.9. The molecule has 2 aliphatic rings. The molecule has 0 unspecified atom stereocenters. The zero-order valence-corrected chi connectivity index (χ0v) is 13.0. The topological polar surface area (TPSA) is 59.2 Å². The van der Waals surface area contributed by atoms with Gasteiger partial charge < -0.3 is 10.6 Å². The number of fused-ring (bicyclic) bond motifs is 1. The molecule has 0 bridgehead atoms. The molecule has 2 N–H and O–H groups in total. The molecule has 0 spiro atoms. The predicted octanol–water partition coefficient (Wildman–Crippen LogP) is 2.50. The highest BCUT2D eigenvalue weighted by molar-refractivity contribution is 5.83. The van der Waals surface area contributed by atoms with Gasteiger partial charge in [0.15, 0.2) is 0 Å². The number of aromatic nitrogens is 1. The maximum Gasteiger partial charge on any atom is 0.417 e. The van der Waals surface area contributed by atoms with Crippen LogP contribution in [0.25, 0.3) is 0 Å². The van der Waals surface area contributed by atoms with Crippen LogP contribution in [0, 0.1) is 5.41 Å². The lowest BCUT2D eigenvalue weighted by molar-refractivity contribution is -0.142. The van der Waals surface area contributed by atoms with Crippen molar-refractivity contribution < 1.29 is 18.0 Å². The van der Waals surface area contributed by atoms with Gasteiger partial charge in [0.25, 0.3) is 0 Å². The van der Waals surface area contributed by atoms with E-state index < -0.39 is 17.2 Å². The largest absolute Gasteiger partial charge is 0.417 e. The predicted molar refractivity (Wildman–Crippen MR) is 78.3 cm³/mol. The molecule has 126 valence electrons. The van der Waals surface area contributed by atoms with E-state index in [4.69, 9.17) is 5.73 Å². The van der Waals surface area contributed by atoms with Crippen molar-refractivity contribution in [2.24, 2.45) is 11.1 Å². The molecule has 0 saturated heterocycles. The zero-order chi connectivity index (χ0) is 16.8. The SMILES string of the molecule is C[C@]1(C(=O)N2CCc3ncc(C(F)(F)F)cc3C2)CC[C@@H](N)C1. The number of pyridine rings is 1. The van der Waals surface area contributed by atoms with E-state index in [-0.39, 0.29) is 18.5 Å². The summed E-state index contributed by atoms with van der Waals surface area (Å²) in [6.07, 6.45) is -0.882. The third-order valence-electron chi connectivity index (χ3n) is 4.95. The number of alkyl halides is 3. The van der Waals surface area contributed by atoms with Crippen molar-refractivity contribution in [1.29, 1.82) is 0 Å². The summed E-state index contributed by atoms with van der Waals surface area (Å²) in [7, 11) is 0. The lowest BCUT2D eigenvalue weighted by Crippen LogP contribution is -2.44. The Kier molecular flexibility index (Phi) is 3.86. The minimum absolute atomic E-state index is 0.00601. The van der Waals surface area contributed by atoms with E-state index in [0.717, 1.165) is 25.1 Å². The Morgan fingerprint density at radius 3 is 2.83 bits per heavy atom. The van der Waals surface area contributed by atoms with Gasteiger partial charge in [-0.25, -0.2) is 0 Å². The molecule has 1 aromatic heterocycles. The summed E-state index contributed by atoms with van der Waals surface area (Å²) >= 11 is 0. The first-order chi connectivity index (χ1) is 10.7. The summed E-state index contributed by atoms with van der Waals surface area (Å²) in [6, 6.07) is 1.14. The van der Waals surface area contributed by atoms with E-state index in [1.807, 2.05) is 6.92 Å². The van der Waals surface area contributed by atoms with Crippen molar-refractivity contribution in [3.8, 4) is 0 Å². The van der Waals surface area contributed by atoms with Crippen LogP contribution in [0.1, 0.15) is 43.0 Å². The van der Waals surface area contributed by atoms with Gasteiger partial charge in [0.2, 0.25) is 5.91 Å². The fraction of sp³-hybridized carbons (Fsp3) is 0.625. The van der Waals surface area contributed by atoms with Crippen molar-refractivity contribution in [3.63, 3.8) is 0 Å². The van der Waals surface area contributed by atoms with Crippen molar-refractivity contribution in [3.05, 3.63) is 29.1 Å². The van der Waals surface area contributed by atoms with Crippen LogP contribution < -0.4 is 5.73 Å². The molecule has 1 saturated carbocycles. The minimum Gasteiger partial charge on any atom is -0.337 e. The van der Waals surface area contributed by atoms with E-state index in [1.165, 1.54) is 0 Å². The van der Waals surface area contributed by atoms with Crippen molar-refractivity contribution in [2.45, 2.75) is 51.4 Å². The number of rotatable bonds is 1. The quantitative estimate of drug-likeness (QED) is 0.862. The van der Waals surface area contributed by atoms with Gasteiger partial charge in [0, 0.05) is 42.9 Å². The number of amides is 1. The summed E-state index contributed by atoms with van der Waals surface area (Å²) in [5.41, 5.74) is 5.80. The molecule has 2 atom stereocenters. The van der Waals surface area contributed by atoms with Gasteiger partial charge in [0.05, 0.1) is 5.56 Å². The molecule has 1 fully saturated rings. The van der Waals surface area contributed by atoms with Gasteiger partial charge in [-0.2, -0.15) is 13.2 Å². The van der Waals surface area contributed by atoms with Crippen LogP contribution in [0.15, 0.2) is 12.3 Å². The molecule has 1 aromatic rings. The Morgan fingerprint density at radius 2 is 2.22 bits per heavy atom. The Balaban J connectivity index is 1.81. The van der Waals surface area contributed by atoms with Gasteiger partial charge in [-0.3, -0.25) is 9.78 Å². The van der Waals surface area contributed by atoms with Crippen LogP contribution in [-0.2, 0) is 23.9 Å². The highest BCUT2D eigenvalue weighted by Crippen LogP contribution is 2.39. The lowest BCUT2D eigenvalue weighted by Gasteiger charge is -2.35. The number of halogens is 3. The van der Waals surface area contributed by atoms with Crippen molar-refractivity contribution in [2.75, 3.05) is 6.54 Å². The van der Waals surface area contributed by atoms with Crippen LogP contribution in [0.5, 0.6) is 0 Å². The molecule has 4 nitrogen and oxygen atoms in total. The summed E-state index contributed by atoms with van der Waals surface area (Å²) < 4.78 is 38.5. The number of hydrogen-bond acceptors (Lipinski definition) is 3. The van der Waals surface area contributed by atoms with Gasteiger partial charge in [-0.05, 0) is 30.9 Å². The molecular formula is C16H20F3N3O. The maximum absolute atomic E-state index is 12.8. The van der Waals surface area contributed by atoms with E-state index in [1.54, 1.807) is 4.90 Å². The summed E-state index contributed by atoms with van der Waals surface area (Å²) in [5.74, 6) is -0.00601. The number of nitrogens with zero attached hydrogens (tertiary/aromatic N) is 2. The Bertz CT molecular complexity index is 631. The highest BCUT2D eigenvalue weighted by atomic mass is 19.4. The summed E-state index contributed by atoms with van der Waals surface area (Å²) in [6.45, 7) is 2.59. The number of hydrogen-bond donors (Lipinski definition) is 1. The third-order valence-corrected chi connectivity index (χ3v) is 4.95. The molecular weight excluding hydrogens is 307 g/mol. The number of carbonyl (C=O) groups is 1. The van der Waals surface area contributed by atoms with E-state index in [2.05, 4.69) is 4.98 Å². The summed E-state index contributed by atoms with van der Waals surface area (Å²) in [4.78, 5) is 18.4. The molecule has 0 aromatic carbocycles. The molecule has 7 heteroatoms. The molecule has 0 radical (unpaired) electrons. The second-order valence-corrected chi connectivity index (χ2v) is 6.87. The second-order valence-electron chi connectivity index (χ2n) is 6.87. The Labute approximate surface area is 132 Å². The first-order valence-corrected chi connectivity index (χ1v) is 7.79. The van der Waals surface area contributed by atoms with Gasteiger partial charge in [-0.1, -0.05) is 6.92 Å². The van der Waals surface area contributed by atoms with Crippen molar-refractivity contribution in [1.82, 2.24) is 9.88 Å². The molecule has 1 aliphatic carbocycles. The molecule has 2 heterocycles. The molecule has 3 rings (SSSR count). The molecule has 1 aliphatic heterocycles. The maximum atomic E-state index is 12.8. The van der Waals surface area contributed by atoms with Crippen LogP contribution in [0.2, 0.25) is 0 Å². The number of carbonyl (C=O) groups excluding carboxylic acids is 1. The standard InChI is InChI=1S/C16H20F3N3O/c1-15(4-2-12(20)7-15)14(23)22-5-3-13-10(9-22)6-11(8-21-13)16(17,18)19/h6,8,12H,2-5,7,9,20H2,1H3/t12-,15+/m1/s1. The lowest BCUT2D eigenvalue weighted by atomic mass is 9.86. The van der Waals surface area contributed by atoms with E-state index in [9.17, 15) is 18.0 Å². The Morgan fingerprint density at radius 1 is 1.48 bits per heavy atom. The van der Waals surface area contributed by atoms with Gasteiger partial charge >= 0.3 is 6.18 Å². The van der Waals surface area contributed by atoms with E-state index in [0.29, 0.717) is 30.6 Å². The van der Waals surface area contributed by atoms with Crippen LogP contribution in [0.3, 0.4) is 0 Å². The fourth-order valence-electron chi connectivity index (χ4n) is 3.62. The van der Waals surface area contributed by atoms with E-state index >= 15 is 0 Å². The number of nitrogens with two attached hydrogens (primary N) is 1. The zero-order valence-electron chi connectivity index (χ0n) is 13.0. The fourth-order valence-corrected chi connectivity index (χ4v) is 3.62. The minimum atomic E-state index is -4.42. The highest BCUT2D eigenvalue weighted by Gasteiger charge is 2.43. The Hall–Kier alpha value is -1.63. The first-order valence-electron chi connectivity index (χ1n) is 7.79. The molecule has 1 amide bonds. The van der Waals surface area contributed by atoms with Crippen LogP contribution >= 0.6 is 0 Å². The molecule has 23 heavy (non-hydrogen) atoms. The second kappa shape index (κ2) is 5.47. The van der Waals surface area contributed by atoms with Gasteiger partial charge in [0.1, 0.15) is 0 Å². The van der Waals surface area contributed by atoms with Crippen LogP contribution in [0.4, 0.5) is 13.2 Å². The monoisotopic (exact) mass is 327 g/mol. The van der Waals surface area contributed by atoms with Gasteiger partial charge in [-0.15, -0.1) is 0 Å². The third kappa shape index (κ3) is 3.06. The average molecular weight is 327 g/mol. The first kappa shape index (κ1) is 16.2. The average Bonchev–Trinajstić information content (AvgIpc) is 2.85. The van der Waals surface area contributed by atoms with Crippen molar-refractivity contribution >= 4 is 5.91 Å². The van der Waals surface area contributed by atoms with Crippen LogP contribution in [-0.4, -0.2) is 28.4 Å². The smallest absolute Gasteiger partial charge is 0.337 e. The summed E-state index contributed by atoms with van der Waals surface area (Å²) in [5, 5.41) is 0.